The Hall–Kier alpha value is -0.800. The van der Waals surface area contributed by atoms with Gasteiger partial charge in [0.15, 0.2) is 0 Å². The summed E-state index contributed by atoms with van der Waals surface area (Å²) in [6.07, 6.45) is 3.46. The zero-order valence-corrected chi connectivity index (χ0v) is 10.2. The zero-order chi connectivity index (χ0) is 11.4. The maximum Gasteiger partial charge on any atom is 0.133 e. The third kappa shape index (κ3) is 2.47. The number of hydrogen-bond acceptors (Lipinski definition) is 3. The van der Waals surface area contributed by atoms with Crippen molar-refractivity contribution < 1.29 is 9.15 Å². The van der Waals surface area contributed by atoms with Crippen molar-refractivity contribution in [2.75, 3.05) is 20.2 Å². The van der Waals surface area contributed by atoms with E-state index in [0.29, 0.717) is 5.92 Å². The van der Waals surface area contributed by atoms with Crippen molar-refractivity contribution >= 4 is 0 Å². The highest BCUT2D eigenvalue weighted by atomic mass is 16.5. The smallest absolute Gasteiger partial charge is 0.133 e. The lowest BCUT2D eigenvalue weighted by Gasteiger charge is -2.30. The van der Waals surface area contributed by atoms with Gasteiger partial charge in [-0.1, -0.05) is 6.92 Å². The normalized spacial score (nSPS) is 25.9. The summed E-state index contributed by atoms with van der Waals surface area (Å²) in [5.74, 6) is 2.58. The molecule has 1 aromatic rings. The lowest BCUT2D eigenvalue weighted by Crippen LogP contribution is -2.30. The molecule has 1 aliphatic heterocycles. The molecule has 2 heterocycles. The van der Waals surface area contributed by atoms with Crippen LogP contribution in [0.5, 0.6) is 0 Å². The van der Waals surface area contributed by atoms with Crippen LogP contribution in [0.25, 0.3) is 0 Å². The Labute approximate surface area is 97.2 Å². The lowest BCUT2D eigenvalue weighted by molar-refractivity contribution is -0.0395. The first-order chi connectivity index (χ1) is 7.85. The average Bonchev–Trinajstić information content (AvgIpc) is 2.79. The molecule has 2 rings (SSSR count). The van der Waals surface area contributed by atoms with Gasteiger partial charge < -0.3 is 14.5 Å². The van der Waals surface area contributed by atoms with E-state index in [9.17, 15) is 0 Å². The quantitative estimate of drug-likeness (QED) is 0.851. The summed E-state index contributed by atoms with van der Waals surface area (Å²) in [7, 11) is 1.99. The van der Waals surface area contributed by atoms with Gasteiger partial charge in [0, 0.05) is 25.5 Å². The first-order valence-electron chi connectivity index (χ1n) is 6.20. The minimum absolute atomic E-state index is 0.140. The van der Waals surface area contributed by atoms with Crippen molar-refractivity contribution in [3.05, 3.63) is 23.7 Å². The van der Waals surface area contributed by atoms with Gasteiger partial charge in [0.25, 0.3) is 0 Å². The van der Waals surface area contributed by atoms with Gasteiger partial charge in [-0.15, -0.1) is 0 Å². The largest absolute Gasteiger partial charge is 0.463 e. The zero-order valence-electron chi connectivity index (χ0n) is 10.2. The minimum atomic E-state index is 0.140. The number of nitrogens with one attached hydrogen (secondary N) is 1. The van der Waals surface area contributed by atoms with E-state index in [-0.39, 0.29) is 6.10 Å². The van der Waals surface area contributed by atoms with Crippen LogP contribution in [0.3, 0.4) is 0 Å². The number of hydrogen-bond donors (Lipinski definition) is 1. The minimum Gasteiger partial charge on any atom is -0.463 e. The molecular formula is C13H21NO2. The van der Waals surface area contributed by atoms with Crippen LogP contribution >= 0.6 is 0 Å². The maximum atomic E-state index is 5.85. The van der Waals surface area contributed by atoms with Crippen LogP contribution in [0, 0.1) is 5.92 Å². The fourth-order valence-electron chi connectivity index (χ4n) is 2.37. The molecule has 0 radical (unpaired) electrons. The third-order valence-electron chi connectivity index (χ3n) is 3.22. The maximum absolute atomic E-state index is 5.85. The van der Waals surface area contributed by atoms with E-state index in [1.54, 1.807) is 0 Å². The summed E-state index contributed by atoms with van der Waals surface area (Å²) >= 11 is 0. The fourth-order valence-corrected chi connectivity index (χ4v) is 2.37. The summed E-state index contributed by atoms with van der Waals surface area (Å²) in [6, 6.07) is 4.13. The molecule has 1 fully saturated rings. The second-order valence-corrected chi connectivity index (χ2v) is 4.41. The van der Waals surface area contributed by atoms with Gasteiger partial charge >= 0.3 is 0 Å². The topological polar surface area (TPSA) is 34.4 Å². The van der Waals surface area contributed by atoms with Gasteiger partial charge in [0.05, 0.1) is 0 Å². The van der Waals surface area contributed by atoms with Crippen molar-refractivity contribution in [3.8, 4) is 0 Å². The number of aryl methyl sites for hydroxylation is 1. The first kappa shape index (κ1) is 11.7. The molecule has 90 valence electrons. The molecular weight excluding hydrogens is 202 g/mol. The first-order valence-corrected chi connectivity index (χ1v) is 6.20. The van der Waals surface area contributed by atoms with Crippen molar-refractivity contribution in [2.24, 2.45) is 5.92 Å². The average molecular weight is 223 g/mol. The Kier molecular flexibility index (Phi) is 4.02. The Morgan fingerprint density at radius 1 is 1.44 bits per heavy atom. The molecule has 2 atom stereocenters. The number of rotatable bonds is 4. The van der Waals surface area contributed by atoms with Gasteiger partial charge in [0.2, 0.25) is 0 Å². The molecule has 16 heavy (non-hydrogen) atoms. The van der Waals surface area contributed by atoms with E-state index in [1.165, 1.54) is 6.42 Å². The van der Waals surface area contributed by atoms with Crippen LogP contribution in [0.1, 0.15) is 37.4 Å². The lowest BCUT2D eigenvalue weighted by atomic mass is 9.93. The van der Waals surface area contributed by atoms with Gasteiger partial charge in [-0.2, -0.15) is 0 Å². The molecule has 0 aromatic carbocycles. The van der Waals surface area contributed by atoms with Crippen molar-refractivity contribution in [1.29, 1.82) is 0 Å². The van der Waals surface area contributed by atoms with Gasteiger partial charge in [0.1, 0.15) is 17.6 Å². The second kappa shape index (κ2) is 5.51. The molecule has 1 aromatic heterocycles. The van der Waals surface area contributed by atoms with Gasteiger partial charge in [-0.3, -0.25) is 0 Å². The summed E-state index contributed by atoms with van der Waals surface area (Å²) in [5.41, 5.74) is 0. The van der Waals surface area contributed by atoms with E-state index in [4.69, 9.17) is 9.15 Å². The molecule has 1 N–H and O–H groups in total. The van der Waals surface area contributed by atoms with Crippen molar-refractivity contribution in [3.63, 3.8) is 0 Å². The predicted molar refractivity (Wildman–Crippen MR) is 63.4 cm³/mol. The third-order valence-corrected chi connectivity index (χ3v) is 3.22. The Morgan fingerprint density at radius 2 is 2.31 bits per heavy atom. The van der Waals surface area contributed by atoms with Crippen LogP contribution in [0.2, 0.25) is 0 Å². The summed E-state index contributed by atoms with van der Waals surface area (Å²) in [4.78, 5) is 0. The van der Waals surface area contributed by atoms with E-state index in [0.717, 1.165) is 37.5 Å². The van der Waals surface area contributed by atoms with Gasteiger partial charge in [-0.25, -0.2) is 0 Å². The van der Waals surface area contributed by atoms with Crippen LogP contribution in [0.4, 0.5) is 0 Å². The fraction of sp³-hybridized carbons (Fsp3) is 0.692. The van der Waals surface area contributed by atoms with Crippen LogP contribution in [-0.4, -0.2) is 20.2 Å². The number of ether oxygens (including phenoxy) is 1. The SMILES string of the molecule is CCc1ccc(C2OCCCC2CNC)o1. The van der Waals surface area contributed by atoms with E-state index < -0.39 is 0 Å². The van der Waals surface area contributed by atoms with E-state index in [2.05, 4.69) is 24.4 Å². The Balaban J connectivity index is 2.09. The van der Waals surface area contributed by atoms with Crippen molar-refractivity contribution in [2.45, 2.75) is 32.3 Å². The van der Waals surface area contributed by atoms with Crippen LogP contribution in [0.15, 0.2) is 16.5 Å². The summed E-state index contributed by atoms with van der Waals surface area (Å²) in [6.45, 7) is 3.95. The molecule has 0 spiro atoms. The van der Waals surface area contributed by atoms with Crippen LogP contribution in [-0.2, 0) is 11.2 Å². The highest BCUT2D eigenvalue weighted by molar-refractivity contribution is 5.11. The standard InChI is InChI=1S/C13H21NO2/c1-3-11-6-7-12(16-11)13-10(9-14-2)5-4-8-15-13/h6-7,10,13-14H,3-5,8-9H2,1-2H3. The molecule has 1 aliphatic rings. The molecule has 0 aliphatic carbocycles. The molecule has 3 heteroatoms. The predicted octanol–water partition coefficient (Wildman–Crippen LogP) is 2.53. The Bertz CT molecular complexity index is 319. The molecule has 0 bridgehead atoms. The monoisotopic (exact) mass is 223 g/mol. The molecule has 0 saturated carbocycles. The van der Waals surface area contributed by atoms with Crippen molar-refractivity contribution in [1.82, 2.24) is 5.32 Å². The highest BCUT2D eigenvalue weighted by Crippen LogP contribution is 2.34. The molecule has 3 nitrogen and oxygen atoms in total. The highest BCUT2D eigenvalue weighted by Gasteiger charge is 2.29. The van der Waals surface area contributed by atoms with Gasteiger partial charge in [-0.05, 0) is 32.0 Å². The Morgan fingerprint density at radius 3 is 3.00 bits per heavy atom. The molecule has 2 unspecified atom stereocenters. The summed E-state index contributed by atoms with van der Waals surface area (Å²) in [5, 5.41) is 3.24. The number of furan rings is 1. The van der Waals surface area contributed by atoms with E-state index in [1.807, 2.05) is 7.05 Å². The van der Waals surface area contributed by atoms with Crippen LogP contribution < -0.4 is 5.32 Å². The second-order valence-electron chi connectivity index (χ2n) is 4.41. The molecule has 1 saturated heterocycles. The molecule has 0 amide bonds. The van der Waals surface area contributed by atoms with E-state index >= 15 is 0 Å². The summed E-state index contributed by atoms with van der Waals surface area (Å²) < 4.78 is 11.6.